The highest BCUT2D eigenvalue weighted by atomic mass is 32.2. The van der Waals surface area contributed by atoms with Crippen molar-refractivity contribution >= 4 is 33.8 Å². The molecule has 2 heterocycles. The molecule has 4 rings (SSSR count). The summed E-state index contributed by atoms with van der Waals surface area (Å²) in [5.41, 5.74) is 8.94. The summed E-state index contributed by atoms with van der Waals surface area (Å²) in [4.78, 5) is 3.58. The van der Waals surface area contributed by atoms with Crippen LogP contribution in [0.5, 0.6) is 5.75 Å². The molecule has 0 bridgehead atoms. The van der Waals surface area contributed by atoms with Gasteiger partial charge < -0.3 is 14.9 Å². The van der Waals surface area contributed by atoms with E-state index in [9.17, 15) is 22.0 Å². The third kappa shape index (κ3) is 3.46. The third-order valence-corrected chi connectivity index (χ3v) is 6.00. The van der Waals surface area contributed by atoms with Crippen LogP contribution in [-0.2, 0) is 10.9 Å². The zero-order chi connectivity index (χ0) is 22.6. The number of guanidine groups is 1. The van der Waals surface area contributed by atoms with Crippen molar-refractivity contribution < 1.29 is 31.1 Å². The van der Waals surface area contributed by atoms with Crippen molar-refractivity contribution in [2.45, 2.75) is 25.9 Å². The van der Waals surface area contributed by atoms with Crippen molar-refractivity contribution in [2.24, 2.45) is 19.5 Å². The molecule has 6 nitrogen and oxygen atoms in total. The summed E-state index contributed by atoms with van der Waals surface area (Å²) in [6, 6.07) is 3.03. The average molecular weight is 456 g/mol. The van der Waals surface area contributed by atoms with Gasteiger partial charge in [-0.25, -0.2) is 13.2 Å². The van der Waals surface area contributed by atoms with E-state index in [1.165, 1.54) is 0 Å². The Balaban J connectivity index is 1.79. The highest BCUT2D eigenvalue weighted by Crippen LogP contribution is 2.33. The first-order valence-electron chi connectivity index (χ1n) is 8.67. The number of hydrogen-bond acceptors (Lipinski definition) is 6. The van der Waals surface area contributed by atoms with E-state index in [4.69, 9.17) is 14.9 Å². The van der Waals surface area contributed by atoms with Gasteiger partial charge in [-0.15, -0.1) is 4.40 Å². The maximum Gasteiger partial charge on any atom is 0.333 e. The fraction of sp³-hybridized carbons (Fsp3) is 0.158. The second kappa shape index (κ2) is 7.45. The van der Waals surface area contributed by atoms with E-state index < -0.39 is 51.7 Å². The molecule has 0 radical (unpaired) electrons. The van der Waals surface area contributed by atoms with Crippen molar-refractivity contribution in [3.05, 3.63) is 57.9 Å². The Hall–Kier alpha value is -3.28. The second-order valence-electron chi connectivity index (χ2n) is 6.65. The van der Waals surface area contributed by atoms with Crippen LogP contribution in [0.2, 0.25) is 0 Å². The minimum Gasteiger partial charge on any atom is -0.447 e. The first-order chi connectivity index (χ1) is 14.6. The normalized spacial score (nSPS) is 16.2. The zero-order valence-electron chi connectivity index (χ0n) is 16.2. The van der Waals surface area contributed by atoms with Crippen LogP contribution in [0.4, 0.5) is 22.0 Å². The Labute approximate surface area is 174 Å². The quantitative estimate of drug-likeness (QED) is 0.338. The fourth-order valence-corrected chi connectivity index (χ4v) is 4.04. The molecular formula is C19H13F5N4O2S. The number of hydrogen-bond donors (Lipinski definition) is 1. The van der Waals surface area contributed by atoms with E-state index in [0.29, 0.717) is 11.1 Å². The lowest BCUT2D eigenvalue weighted by Gasteiger charge is -2.12. The molecule has 0 amide bonds. The number of rotatable bonds is 2. The summed E-state index contributed by atoms with van der Waals surface area (Å²) >= 11 is 0. The van der Waals surface area contributed by atoms with Gasteiger partial charge in [0.2, 0.25) is 40.8 Å². The predicted octanol–water partition coefficient (Wildman–Crippen LogP) is 4.89. The number of ether oxygens (including phenoxy) is 1. The van der Waals surface area contributed by atoms with Gasteiger partial charge in [-0.3, -0.25) is 0 Å². The summed E-state index contributed by atoms with van der Waals surface area (Å²) in [6.45, 7) is 5.62. The minimum atomic E-state index is -2.31. The maximum atomic E-state index is 13.9. The molecule has 1 aromatic heterocycles. The molecule has 2 aromatic carbocycles. The number of nitrogens with two attached hydrogens (primary N) is 1. The Bertz CT molecular complexity index is 1330. The van der Waals surface area contributed by atoms with Crippen LogP contribution in [0.1, 0.15) is 16.7 Å². The summed E-state index contributed by atoms with van der Waals surface area (Å²) < 4.78 is 86.7. The summed E-state index contributed by atoms with van der Waals surface area (Å²) in [6.07, 6.45) is 0. The van der Waals surface area contributed by atoms with Crippen molar-refractivity contribution in [1.82, 2.24) is 0 Å². The van der Waals surface area contributed by atoms with Gasteiger partial charge in [-0.2, -0.15) is 18.1 Å². The molecular weight excluding hydrogens is 443 g/mol. The Morgan fingerprint density at radius 1 is 0.903 bits per heavy atom. The smallest absolute Gasteiger partial charge is 0.333 e. The standard InChI is InChI=1S/C19H13F5N4O2S/c1-6-4-9-8(3)17(29-10(9)5-7(6)2)31-27-18(25)26-19(28-31)30-16-14(23)12(21)11(20)13(22)15(16)24/h4-5H,1-3H3,(H2,25,26,27,28). The SMILES string of the molecule is Cc1cc2oc(S3=NC(N)=NC(Oc4c(F)c(F)c(F)c(F)c4F)=N3)c(C)c2cc1C. The first kappa shape index (κ1) is 21.0. The van der Waals surface area contributed by atoms with E-state index in [1.54, 1.807) is 6.92 Å². The molecule has 31 heavy (non-hydrogen) atoms. The number of nitrogens with zero attached hydrogens (tertiary/aromatic N) is 3. The predicted molar refractivity (Wildman–Crippen MR) is 104 cm³/mol. The third-order valence-electron chi connectivity index (χ3n) is 4.59. The highest BCUT2D eigenvalue weighted by Gasteiger charge is 2.29. The number of halogens is 5. The van der Waals surface area contributed by atoms with Crippen LogP contribution in [-0.4, -0.2) is 12.0 Å². The van der Waals surface area contributed by atoms with Gasteiger partial charge in [-0.05, 0) is 44.0 Å². The van der Waals surface area contributed by atoms with Crippen LogP contribution in [0.3, 0.4) is 0 Å². The summed E-state index contributed by atoms with van der Waals surface area (Å²) in [7, 11) is -1.47. The van der Waals surface area contributed by atoms with Crippen molar-refractivity contribution in [1.29, 1.82) is 0 Å². The largest absolute Gasteiger partial charge is 0.447 e. The van der Waals surface area contributed by atoms with Crippen molar-refractivity contribution in [3.8, 4) is 5.75 Å². The minimum absolute atomic E-state index is 0.288. The van der Waals surface area contributed by atoms with Gasteiger partial charge in [-0.1, -0.05) is 0 Å². The molecule has 1 aliphatic heterocycles. The number of aryl methyl sites for hydroxylation is 3. The Kier molecular flexibility index (Phi) is 5.04. The number of benzene rings is 2. The lowest BCUT2D eigenvalue weighted by Crippen LogP contribution is -2.21. The van der Waals surface area contributed by atoms with Crippen LogP contribution in [0, 0.1) is 49.9 Å². The van der Waals surface area contributed by atoms with Crippen LogP contribution in [0.15, 0.2) is 35.4 Å². The van der Waals surface area contributed by atoms with Crippen molar-refractivity contribution in [2.75, 3.05) is 0 Å². The second-order valence-corrected chi connectivity index (χ2v) is 7.91. The summed E-state index contributed by atoms with van der Waals surface area (Å²) in [5.74, 6) is -12.9. The van der Waals surface area contributed by atoms with E-state index in [1.807, 2.05) is 26.0 Å². The first-order valence-corrected chi connectivity index (χ1v) is 9.81. The molecule has 2 N–H and O–H groups in total. The monoisotopic (exact) mass is 456 g/mol. The van der Waals surface area contributed by atoms with Gasteiger partial charge in [0, 0.05) is 10.9 Å². The van der Waals surface area contributed by atoms with Gasteiger partial charge in [0.1, 0.15) is 5.58 Å². The topological polar surface area (TPSA) is 85.5 Å². The highest BCUT2D eigenvalue weighted by molar-refractivity contribution is 7.86. The maximum absolute atomic E-state index is 13.9. The molecule has 3 aromatic rings. The molecule has 0 saturated carbocycles. The van der Waals surface area contributed by atoms with Crippen LogP contribution in [0.25, 0.3) is 11.0 Å². The lowest BCUT2D eigenvalue weighted by atomic mass is 10.1. The molecule has 0 aliphatic carbocycles. The average Bonchev–Trinajstić information content (AvgIpc) is 3.04. The van der Waals surface area contributed by atoms with E-state index >= 15 is 0 Å². The molecule has 12 heteroatoms. The number of fused-ring (bicyclic) bond motifs is 1. The van der Waals surface area contributed by atoms with Gasteiger partial charge in [0.05, 0.1) is 10.9 Å². The Morgan fingerprint density at radius 3 is 2.13 bits per heavy atom. The number of aliphatic imine (C=N–C) groups is 1. The van der Waals surface area contributed by atoms with Crippen LogP contribution < -0.4 is 10.5 Å². The van der Waals surface area contributed by atoms with Crippen LogP contribution >= 0.6 is 0 Å². The van der Waals surface area contributed by atoms with E-state index in [2.05, 4.69) is 13.8 Å². The fourth-order valence-electron chi connectivity index (χ4n) is 2.84. The number of furan rings is 1. The van der Waals surface area contributed by atoms with E-state index in [0.717, 1.165) is 16.5 Å². The zero-order valence-corrected chi connectivity index (χ0v) is 17.0. The lowest BCUT2D eigenvalue weighted by molar-refractivity contribution is 0.344. The van der Waals surface area contributed by atoms with Crippen molar-refractivity contribution in [3.63, 3.8) is 0 Å². The molecule has 162 valence electrons. The molecule has 0 spiro atoms. The molecule has 1 aliphatic rings. The molecule has 1 unspecified atom stereocenters. The Morgan fingerprint density at radius 2 is 1.48 bits per heavy atom. The summed E-state index contributed by atoms with van der Waals surface area (Å²) in [5, 5.41) is 1.09. The van der Waals surface area contributed by atoms with Gasteiger partial charge in [0.15, 0.2) is 5.09 Å². The van der Waals surface area contributed by atoms with E-state index in [-0.39, 0.29) is 11.1 Å². The number of amidine groups is 1. The molecule has 0 saturated heterocycles. The molecule has 1 atom stereocenters. The van der Waals surface area contributed by atoms with Gasteiger partial charge in [0.25, 0.3) is 0 Å². The molecule has 0 fully saturated rings. The van der Waals surface area contributed by atoms with Gasteiger partial charge >= 0.3 is 6.02 Å².